The van der Waals surface area contributed by atoms with Crippen LogP contribution in [0.3, 0.4) is 0 Å². The Bertz CT molecular complexity index is 537. The molecule has 0 radical (unpaired) electrons. The van der Waals surface area contributed by atoms with Crippen molar-refractivity contribution in [1.29, 1.82) is 0 Å². The molecule has 1 aliphatic heterocycles. The van der Waals surface area contributed by atoms with Crippen LogP contribution < -0.4 is 4.74 Å². The van der Waals surface area contributed by atoms with Gasteiger partial charge in [-0.3, -0.25) is 4.79 Å². The minimum atomic E-state index is -1.34. The summed E-state index contributed by atoms with van der Waals surface area (Å²) in [7, 11) is 1.45. The van der Waals surface area contributed by atoms with Gasteiger partial charge in [0.15, 0.2) is 12.6 Å². The number of hydrogen-bond acceptors (Lipinski definition) is 5. The van der Waals surface area contributed by atoms with Crippen LogP contribution in [0, 0.1) is 0 Å². The summed E-state index contributed by atoms with van der Waals surface area (Å²) in [6, 6.07) is 5.68. The van der Waals surface area contributed by atoms with Crippen molar-refractivity contribution in [2.24, 2.45) is 0 Å². The normalized spacial score (nSPS) is 20.7. The monoisotopic (exact) mass is 292 g/mol. The summed E-state index contributed by atoms with van der Waals surface area (Å²) in [6.07, 6.45) is 3.45. The molecule has 114 valence electrons. The summed E-state index contributed by atoms with van der Waals surface area (Å²) in [5, 5.41) is 0. The molecule has 5 nitrogen and oxygen atoms in total. The quantitative estimate of drug-likeness (QED) is 0.595. The van der Waals surface area contributed by atoms with E-state index in [9.17, 15) is 4.79 Å². The Morgan fingerprint density at radius 1 is 1.43 bits per heavy atom. The first-order valence-corrected chi connectivity index (χ1v) is 6.84. The van der Waals surface area contributed by atoms with E-state index in [0.29, 0.717) is 12.4 Å². The van der Waals surface area contributed by atoms with Crippen LogP contribution >= 0.6 is 0 Å². The maximum absolute atomic E-state index is 11.8. The van der Waals surface area contributed by atoms with Crippen LogP contribution in [0.25, 0.3) is 6.08 Å². The predicted octanol–water partition coefficient (Wildman–Crippen LogP) is 2.53. The van der Waals surface area contributed by atoms with Crippen molar-refractivity contribution in [3.8, 4) is 5.75 Å². The van der Waals surface area contributed by atoms with Crippen LogP contribution in [-0.4, -0.2) is 32.1 Å². The van der Waals surface area contributed by atoms with Crippen molar-refractivity contribution >= 4 is 11.9 Å². The maximum Gasteiger partial charge on any atom is 0.249 e. The molecule has 1 aliphatic rings. The average molecular weight is 292 g/mol. The standard InChI is InChI=1S/C16H20O5/c1-4-19-11-20-15-7-5-6-13-8-9-16(18-3,12(2)17)21-10-14(13)15/h5-9H,4,10-11H2,1-3H3. The van der Waals surface area contributed by atoms with Gasteiger partial charge < -0.3 is 18.9 Å². The van der Waals surface area contributed by atoms with Gasteiger partial charge in [-0.25, -0.2) is 0 Å². The number of carbonyl (C=O) groups excluding carboxylic acids is 1. The second kappa shape index (κ2) is 6.85. The summed E-state index contributed by atoms with van der Waals surface area (Å²) in [4.78, 5) is 11.8. The minimum absolute atomic E-state index is 0.179. The fourth-order valence-electron chi connectivity index (χ4n) is 2.13. The van der Waals surface area contributed by atoms with Crippen LogP contribution in [0.5, 0.6) is 5.75 Å². The van der Waals surface area contributed by atoms with E-state index >= 15 is 0 Å². The van der Waals surface area contributed by atoms with E-state index in [4.69, 9.17) is 18.9 Å². The molecule has 0 aliphatic carbocycles. The molecule has 0 amide bonds. The molecular formula is C16H20O5. The SMILES string of the molecule is CCOCOc1cccc2c1COC(OC)(C(C)=O)C=C2. The summed E-state index contributed by atoms with van der Waals surface area (Å²) >= 11 is 0. The van der Waals surface area contributed by atoms with E-state index in [1.165, 1.54) is 14.0 Å². The molecule has 0 bridgehead atoms. The van der Waals surface area contributed by atoms with Crippen LogP contribution in [0.1, 0.15) is 25.0 Å². The lowest BCUT2D eigenvalue weighted by Crippen LogP contribution is -2.39. The van der Waals surface area contributed by atoms with E-state index < -0.39 is 5.79 Å². The fourth-order valence-corrected chi connectivity index (χ4v) is 2.13. The number of Topliss-reactive ketones (excluding diaryl/α,β-unsaturated/α-hetero) is 1. The van der Waals surface area contributed by atoms with E-state index in [-0.39, 0.29) is 19.2 Å². The van der Waals surface area contributed by atoms with Gasteiger partial charge in [-0.2, -0.15) is 0 Å². The zero-order chi connectivity index (χ0) is 15.3. The van der Waals surface area contributed by atoms with Gasteiger partial charge in [0.25, 0.3) is 0 Å². The van der Waals surface area contributed by atoms with Gasteiger partial charge >= 0.3 is 0 Å². The first-order valence-electron chi connectivity index (χ1n) is 6.84. The molecular weight excluding hydrogens is 272 g/mol. The lowest BCUT2D eigenvalue weighted by Gasteiger charge is -2.25. The Balaban J connectivity index is 2.26. The maximum atomic E-state index is 11.8. The lowest BCUT2D eigenvalue weighted by molar-refractivity contribution is -0.197. The number of fused-ring (bicyclic) bond motifs is 1. The third kappa shape index (κ3) is 3.32. The minimum Gasteiger partial charge on any atom is -0.467 e. The molecule has 1 aromatic carbocycles. The first-order chi connectivity index (χ1) is 10.1. The van der Waals surface area contributed by atoms with Crippen LogP contribution in [0.15, 0.2) is 24.3 Å². The van der Waals surface area contributed by atoms with Crippen LogP contribution in [-0.2, 0) is 25.6 Å². The van der Waals surface area contributed by atoms with Gasteiger partial charge in [-0.15, -0.1) is 0 Å². The molecule has 0 saturated carbocycles. The van der Waals surface area contributed by atoms with Gasteiger partial charge in [0.1, 0.15) is 5.75 Å². The molecule has 0 aromatic heterocycles. The number of rotatable bonds is 6. The molecule has 0 fully saturated rings. The summed E-state index contributed by atoms with van der Waals surface area (Å²) in [6.45, 7) is 4.33. The summed E-state index contributed by atoms with van der Waals surface area (Å²) in [5.74, 6) is -0.858. The molecule has 2 rings (SSSR count). The Kier molecular flexibility index (Phi) is 5.12. The highest BCUT2D eigenvalue weighted by atomic mass is 16.7. The van der Waals surface area contributed by atoms with Gasteiger partial charge in [-0.1, -0.05) is 18.2 Å². The second-order valence-corrected chi connectivity index (χ2v) is 4.63. The van der Waals surface area contributed by atoms with E-state index in [2.05, 4.69) is 0 Å². The number of ether oxygens (including phenoxy) is 4. The Labute approximate surface area is 124 Å². The van der Waals surface area contributed by atoms with E-state index in [1.807, 2.05) is 31.2 Å². The van der Waals surface area contributed by atoms with Crippen molar-refractivity contribution in [3.63, 3.8) is 0 Å². The zero-order valence-corrected chi connectivity index (χ0v) is 12.5. The molecule has 1 heterocycles. The number of methoxy groups -OCH3 is 1. The highest BCUT2D eigenvalue weighted by Crippen LogP contribution is 2.31. The van der Waals surface area contributed by atoms with E-state index in [1.54, 1.807) is 6.08 Å². The zero-order valence-electron chi connectivity index (χ0n) is 12.5. The van der Waals surface area contributed by atoms with Gasteiger partial charge in [-0.05, 0) is 24.6 Å². The van der Waals surface area contributed by atoms with Crippen molar-refractivity contribution in [1.82, 2.24) is 0 Å². The van der Waals surface area contributed by atoms with Crippen molar-refractivity contribution in [3.05, 3.63) is 35.4 Å². The van der Waals surface area contributed by atoms with Gasteiger partial charge in [0.2, 0.25) is 5.79 Å². The first kappa shape index (κ1) is 15.7. The third-order valence-corrected chi connectivity index (χ3v) is 3.38. The Hall–Kier alpha value is -1.69. The molecule has 0 N–H and O–H groups in total. The molecule has 0 spiro atoms. The molecule has 5 heteroatoms. The smallest absolute Gasteiger partial charge is 0.249 e. The lowest BCUT2D eigenvalue weighted by atomic mass is 10.1. The highest BCUT2D eigenvalue weighted by molar-refractivity contribution is 5.87. The van der Waals surface area contributed by atoms with E-state index in [0.717, 1.165) is 11.1 Å². The van der Waals surface area contributed by atoms with Crippen LogP contribution in [0.2, 0.25) is 0 Å². The van der Waals surface area contributed by atoms with Crippen molar-refractivity contribution < 1.29 is 23.7 Å². The fraction of sp³-hybridized carbons (Fsp3) is 0.438. The second-order valence-electron chi connectivity index (χ2n) is 4.63. The predicted molar refractivity (Wildman–Crippen MR) is 77.8 cm³/mol. The average Bonchev–Trinajstić information content (AvgIpc) is 2.68. The largest absolute Gasteiger partial charge is 0.467 e. The Morgan fingerprint density at radius 3 is 2.90 bits per heavy atom. The third-order valence-electron chi connectivity index (χ3n) is 3.38. The topological polar surface area (TPSA) is 54.0 Å². The molecule has 21 heavy (non-hydrogen) atoms. The summed E-state index contributed by atoms with van der Waals surface area (Å²) in [5.41, 5.74) is 1.80. The molecule has 1 unspecified atom stereocenters. The number of hydrogen-bond donors (Lipinski definition) is 0. The van der Waals surface area contributed by atoms with Gasteiger partial charge in [0, 0.05) is 26.2 Å². The molecule has 1 atom stereocenters. The van der Waals surface area contributed by atoms with Gasteiger partial charge in [0.05, 0.1) is 6.61 Å². The molecule has 1 aromatic rings. The Morgan fingerprint density at radius 2 is 2.24 bits per heavy atom. The number of ketones is 1. The highest BCUT2D eigenvalue weighted by Gasteiger charge is 2.35. The number of carbonyl (C=O) groups is 1. The molecule has 0 saturated heterocycles. The van der Waals surface area contributed by atoms with Crippen molar-refractivity contribution in [2.75, 3.05) is 20.5 Å². The number of benzene rings is 1. The summed E-state index contributed by atoms with van der Waals surface area (Å²) < 4.78 is 21.8. The van der Waals surface area contributed by atoms with Crippen molar-refractivity contribution in [2.45, 2.75) is 26.2 Å². The van der Waals surface area contributed by atoms with Crippen LogP contribution in [0.4, 0.5) is 0 Å².